The second-order valence-electron chi connectivity index (χ2n) is 4.56. The van der Waals surface area contributed by atoms with E-state index in [-0.39, 0.29) is 0 Å². The third-order valence-electron chi connectivity index (χ3n) is 3.06. The van der Waals surface area contributed by atoms with Gasteiger partial charge < -0.3 is 5.32 Å². The zero-order valence-corrected chi connectivity index (χ0v) is 13.5. The Kier molecular flexibility index (Phi) is 4.27. The Morgan fingerprint density at radius 3 is 2.67 bits per heavy atom. The van der Waals surface area contributed by atoms with E-state index >= 15 is 0 Å². The fourth-order valence-corrected chi connectivity index (χ4v) is 2.74. The van der Waals surface area contributed by atoms with Crippen LogP contribution in [0, 0.1) is 0 Å². The van der Waals surface area contributed by atoms with Gasteiger partial charge in [0.15, 0.2) is 0 Å². The molecule has 5 heteroatoms. The lowest BCUT2D eigenvalue weighted by atomic mass is 10.3. The van der Waals surface area contributed by atoms with Crippen molar-refractivity contribution < 1.29 is 0 Å². The minimum absolute atomic E-state index is 0.626. The first-order chi connectivity index (χ1) is 10.2. The molecule has 1 N–H and O–H groups in total. The van der Waals surface area contributed by atoms with Crippen molar-refractivity contribution in [2.24, 2.45) is 0 Å². The fraction of sp³-hybridized carbons (Fsp3) is 0.0625. The highest BCUT2D eigenvalue weighted by molar-refractivity contribution is 9.10. The van der Waals surface area contributed by atoms with Crippen molar-refractivity contribution in [3.8, 4) is 5.69 Å². The minimum Gasteiger partial charge on any atom is -0.378 e. The Morgan fingerprint density at radius 2 is 1.90 bits per heavy atom. The standard InChI is InChI=1S/C16H13BrClN3/c17-12-6-7-16(15(18)10-12)19-11-13-8-9-21(20-13)14-4-2-1-3-5-14/h1-10,19H,11H2. The largest absolute Gasteiger partial charge is 0.378 e. The molecule has 0 bridgehead atoms. The highest BCUT2D eigenvalue weighted by Crippen LogP contribution is 2.25. The second-order valence-corrected chi connectivity index (χ2v) is 5.89. The Morgan fingerprint density at radius 1 is 1.10 bits per heavy atom. The number of halogens is 2. The Bertz CT molecular complexity index is 740. The first-order valence-electron chi connectivity index (χ1n) is 6.51. The van der Waals surface area contributed by atoms with Crippen molar-refractivity contribution in [2.75, 3.05) is 5.32 Å². The lowest BCUT2D eigenvalue weighted by Gasteiger charge is -2.07. The Labute approximate surface area is 136 Å². The molecule has 21 heavy (non-hydrogen) atoms. The van der Waals surface area contributed by atoms with Crippen LogP contribution in [0.5, 0.6) is 0 Å². The van der Waals surface area contributed by atoms with E-state index in [1.54, 1.807) is 0 Å². The molecule has 0 amide bonds. The lowest BCUT2D eigenvalue weighted by molar-refractivity contribution is 0.844. The molecule has 0 aliphatic heterocycles. The minimum atomic E-state index is 0.626. The topological polar surface area (TPSA) is 29.9 Å². The van der Waals surface area contributed by atoms with Crippen LogP contribution < -0.4 is 5.32 Å². The number of hydrogen-bond acceptors (Lipinski definition) is 2. The summed E-state index contributed by atoms with van der Waals surface area (Å²) in [4.78, 5) is 0. The van der Waals surface area contributed by atoms with Crippen LogP contribution in [0.15, 0.2) is 65.3 Å². The van der Waals surface area contributed by atoms with Gasteiger partial charge in [-0.15, -0.1) is 0 Å². The molecule has 0 aliphatic carbocycles. The van der Waals surface area contributed by atoms with Crippen molar-refractivity contribution in [1.29, 1.82) is 0 Å². The van der Waals surface area contributed by atoms with Gasteiger partial charge in [0.05, 0.1) is 28.6 Å². The molecule has 3 aromatic rings. The molecule has 0 fully saturated rings. The summed E-state index contributed by atoms with van der Waals surface area (Å²) >= 11 is 9.57. The van der Waals surface area contributed by atoms with Gasteiger partial charge in [0.2, 0.25) is 0 Å². The van der Waals surface area contributed by atoms with Gasteiger partial charge in [0.25, 0.3) is 0 Å². The summed E-state index contributed by atoms with van der Waals surface area (Å²) in [6.45, 7) is 0.626. The number of aromatic nitrogens is 2. The van der Waals surface area contributed by atoms with Gasteiger partial charge in [-0.25, -0.2) is 4.68 Å². The molecule has 0 aliphatic rings. The monoisotopic (exact) mass is 361 g/mol. The maximum Gasteiger partial charge on any atom is 0.0819 e. The second kappa shape index (κ2) is 6.33. The summed E-state index contributed by atoms with van der Waals surface area (Å²) < 4.78 is 2.83. The number of nitrogens with one attached hydrogen (secondary N) is 1. The number of anilines is 1. The van der Waals surface area contributed by atoms with Gasteiger partial charge in [0, 0.05) is 10.7 Å². The van der Waals surface area contributed by atoms with Gasteiger partial charge in [-0.2, -0.15) is 5.10 Å². The van der Waals surface area contributed by atoms with E-state index in [1.165, 1.54) is 0 Å². The van der Waals surface area contributed by atoms with Gasteiger partial charge in [0.1, 0.15) is 0 Å². The zero-order valence-electron chi connectivity index (χ0n) is 11.1. The number of rotatable bonds is 4. The molecule has 1 heterocycles. The molecule has 3 rings (SSSR count). The van der Waals surface area contributed by atoms with Crippen LogP contribution >= 0.6 is 27.5 Å². The number of benzene rings is 2. The molecule has 0 radical (unpaired) electrons. The first kappa shape index (κ1) is 14.2. The van der Waals surface area contributed by atoms with Crippen molar-refractivity contribution in [3.63, 3.8) is 0 Å². The summed E-state index contributed by atoms with van der Waals surface area (Å²) in [5, 5.41) is 8.52. The lowest BCUT2D eigenvalue weighted by Crippen LogP contribution is -2.02. The van der Waals surface area contributed by atoms with E-state index < -0.39 is 0 Å². The maximum atomic E-state index is 6.18. The molecule has 0 spiro atoms. The van der Waals surface area contributed by atoms with Crippen molar-refractivity contribution in [2.45, 2.75) is 6.54 Å². The molecule has 0 unspecified atom stereocenters. The van der Waals surface area contributed by atoms with Crippen molar-refractivity contribution in [3.05, 3.63) is 76.0 Å². The zero-order chi connectivity index (χ0) is 14.7. The van der Waals surface area contributed by atoms with Crippen molar-refractivity contribution in [1.82, 2.24) is 9.78 Å². The normalized spacial score (nSPS) is 10.6. The van der Waals surface area contributed by atoms with E-state index in [0.29, 0.717) is 11.6 Å². The summed E-state index contributed by atoms with van der Waals surface area (Å²) in [5.41, 5.74) is 2.90. The Balaban J connectivity index is 1.70. The van der Waals surface area contributed by atoms with Gasteiger partial charge in [-0.1, -0.05) is 45.7 Å². The summed E-state index contributed by atoms with van der Waals surface area (Å²) in [6.07, 6.45) is 1.95. The van der Waals surface area contributed by atoms with E-state index in [1.807, 2.05) is 65.5 Å². The summed E-state index contributed by atoms with van der Waals surface area (Å²) in [5.74, 6) is 0. The van der Waals surface area contributed by atoms with Crippen LogP contribution in [0.4, 0.5) is 5.69 Å². The highest BCUT2D eigenvalue weighted by Gasteiger charge is 2.03. The van der Waals surface area contributed by atoms with Crippen LogP contribution in [0.2, 0.25) is 5.02 Å². The molecular weight excluding hydrogens is 350 g/mol. The molecule has 0 saturated heterocycles. The first-order valence-corrected chi connectivity index (χ1v) is 7.68. The Hall–Kier alpha value is -1.78. The number of para-hydroxylation sites is 1. The van der Waals surface area contributed by atoms with Crippen LogP contribution in [0.25, 0.3) is 5.69 Å². The summed E-state index contributed by atoms with van der Waals surface area (Å²) in [7, 11) is 0. The van der Waals surface area contributed by atoms with Crippen LogP contribution in [0.1, 0.15) is 5.69 Å². The van der Waals surface area contributed by atoms with E-state index in [2.05, 4.69) is 26.3 Å². The van der Waals surface area contributed by atoms with E-state index in [0.717, 1.165) is 21.5 Å². The molecule has 0 saturated carbocycles. The number of hydrogen-bond donors (Lipinski definition) is 1. The molecular formula is C16H13BrClN3. The average molecular weight is 363 g/mol. The fourth-order valence-electron chi connectivity index (χ4n) is 2.00. The van der Waals surface area contributed by atoms with Crippen LogP contribution in [-0.2, 0) is 6.54 Å². The maximum absolute atomic E-state index is 6.18. The molecule has 106 valence electrons. The SMILES string of the molecule is Clc1cc(Br)ccc1NCc1ccn(-c2ccccc2)n1. The highest BCUT2D eigenvalue weighted by atomic mass is 79.9. The van der Waals surface area contributed by atoms with Gasteiger partial charge >= 0.3 is 0 Å². The van der Waals surface area contributed by atoms with Crippen LogP contribution in [0.3, 0.4) is 0 Å². The van der Waals surface area contributed by atoms with E-state index in [9.17, 15) is 0 Å². The predicted molar refractivity (Wildman–Crippen MR) is 90.0 cm³/mol. The van der Waals surface area contributed by atoms with Gasteiger partial charge in [-0.05, 0) is 36.4 Å². The van der Waals surface area contributed by atoms with Crippen molar-refractivity contribution >= 4 is 33.2 Å². The number of nitrogens with zero attached hydrogens (tertiary/aromatic N) is 2. The molecule has 2 aromatic carbocycles. The average Bonchev–Trinajstić information content (AvgIpc) is 2.96. The quantitative estimate of drug-likeness (QED) is 0.715. The molecule has 1 aromatic heterocycles. The van der Waals surface area contributed by atoms with Crippen LogP contribution in [-0.4, -0.2) is 9.78 Å². The third kappa shape index (κ3) is 3.46. The molecule has 0 atom stereocenters. The van der Waals surface area contributed by atoms with E-state index in [4.69, 9.17) is 11.6 Å². The third-order valence-corrected chi connectivity index (χ3v) is 3.86. The smallest absolute Gasteiger partial charge is 0.0819 e. The van der Waals surface area contributed by atoms with Gasteiger partial charge in [-0.3, -0.25) is 0 Å². The summed E-state index contributed by atoms with van der Waals surface area (Å²) in [6, 6.07) is 17.8. The molecule has 3 nitrogen and oxygen atoms in total. The predicted octanol–water partition coefficient (Wildman–Crippen LogP) is 4.90.